The molecule has 0 spiro atoms. The topological polar surface area (TPSA) is 80.0 Å². The molecule has 7 nitrogen and oxygen atoms in total. The third-order valence-electron chi connectivity index (χ3n) is 4.40. The second-order valence-electron chi connectivity index (χ2n) is 6.10. The van der Waals surface area contributed by atoms with E-state index in [-0.39, 0.29) is 11.9 Å². The maximum atomic E-state index is 12.8. The fourth-order valence-electron chi connectivity index (χ4n) is 3.20. The Morgan fingerprint density at radius 2 is 2.38 bits per heavy atom. The zero-order valence-corrected chi connectivity index (χ0v) is 13.5. The summed E-state index contributed by atoms with van der Waals surface area (Å²) in [4.78, 5) is 14.7. The number of carbonyl (C=O) groups is 1. The summed E-state index contributed by atoms with van der Waals surface area (Å²) in [5.41, 5.74) is 1.14. The Labute approximate surface area is 139 Å². The predicted octanol–water partition coefficient (Wildman–Crippen LogP) is 2.48. The molecule has 3 aromatic rings. The maximum Gasteiger partial charge on any atom is 0.274 e. The number of nitrogens with one attached hydrogen (secondary N) is 1. The van der Waals surface area contributed by atoms with E-state index in [1.807, 2.05) is 40.9 Å². The zero-order chi connectivity index (χ0) is 16.5. The van der Waals surface area contributed by atoms with Gasteiger partial charge in [-0.2, -0.15) is 10.2 Å². The van der Waals surface area contributed by atoms with Gasteiger partial charge in [-0.05, 0) is 38.0 Å². The minimum Gasteiger partial charge on any atom is -0.460 e. The van der Waals surface area contributed by atoms with Gasteiger partial charge in [-0.1, -0.05) is 0 Å². The highest BCUT2D eigenvalue weighted by Crippen LogP contribution is 2.24. The first kappa shape index (κ1) is 14.7. The van der Waals surface area contributed by atoms with Gasteiger partial charge in [-0.15, -0.1) is 0 Å². The SMILES string of the molecule is Cc1ccc(-c2cc(C(=O)N3CCCC3Cn3cccn3)n[nH]2)o1. The van der Waals surface area contributed by atoms with Crippen molar-refractivity contribution in [1.82, 2.24) is 24.9 Å². The molecular formula is C17H19N5O2. The van der Waals surface area contributed by atoms with Gasteiger partial charge in [-0.25, -0.2) is 0 Å². The standard InChI is InChI=1S/C17H19N5O2/c1-12-5-6-16(24-12)14-10-15(20-19-14)17(23)22-9-2-4-13(22)11-21-8-3-7-18-21/h3,5-8,10,13H,2,4,9,11H2,1H3,(H,19,20). The summed E-state index contributed by atoms with van der Waals surface area (Å²) in [6.07, 6.45) is 5.67. The molecule has 1 aliphatic rings. The van der Waals surface area contributed by atoms with Crippen LogP contribution in [0, 0.1) is 6.92 Å². The highest BCUT2D eigenvalue weighted by molar-refractivity contribution is 5.93. The predicted molar refractivity (Wildman–Crippen MR) is 87.3 cm³/mol. The molecule has 1 amide bonds. The molecule has 0 bridgehead atoms. The van der Waals surface area contributed by atoms with E-state index in [1.54, 1.807) is 12.3 Å². The van der Waals surface area contributed by atoms with E-state index in [1.165, 1.54) is 0 Å². The van der Waals surface area contributed by atoms with Gasteiger partial charge in [-0.3, -0.25) is 14.6 Å². The van der Waals surface area contributed by atoms with E-state index >= 15 is 0 Å². The Bertz CT molecular complexity index is 833. The van der Waals surface area contributed by atoms with Gasteiger partial charge in [0, 0.05) is 25.0 Å². The number of furan rings is 1. The number of hydrogen-bond donors (Lipinski definition) is 1. The summed E-state index contributed by atoms with van der Waals surface area (Å²) in [6.45, 7) is 3.36. The molecule has 24 heavy (non-hydrogen) atoms. The largest absolute Gasteiger partial charge is 0.460 e. The number of nitrogens with zero attached hydrogens (tertiary/aromatic N) is 4. The Balaban J connectivity index is 1.51. The van der Waals surface area contributed by atoms with E-state index < -0.39 is 0 Å². The van der Waals surface area contributed by atoms with Crippen LogP contribution in [0.1, 0.15) is 29.1 Å². The van der Waals surface area contributed by atoms with Crippen LogP contribution in [-0.4, -0.2) is 43.4 Å². The van der Waals surface area contributed by atoms with Gasteiger partial charge >= 0.3 is 0 Å². The second kappa shape index (κ2) is 5.99. The Morgan fingerprint density at radius 3 is 3.12 bits per heavy atom. The van der Waals surface area contributed by atoms with Gasteiger partial charge in [0.25, 0.3) is 5.91 Å². The molecule has 0 aromatic carbocycles. The van der Waals surface area contributed by atoms with Crippen molar-refractivity contribution >= 4 is 5.91 Å². The fourth-order valence-corrected chi connectivity index (χ4v) is 3.20. The van der Waals surface area contributed by atoms with Crippen molar-refractivity contribution in [1.29, 1.82) is 0 Å². The molecule has 1 fully saturated rings. The van der Waals surface area contributed by atoms with Crippen molar-refractivity contribution in [3.63, 3.8) is 0 Å². The quantitative estimate of drug-likeness (QED) is 0.799. The average molecular weight is 325 g/mol. The van der Waals surface area contributed by atoms with Crippen LogP contribution in [0.2, 0.25) is 0 Å². The molecule has 1 unspecified atom stereocenters. The Morgan fingerprint density at radius 1 is 1.46 bits per heavy atom. The summed E-state index contributed by atoms with van der Waals surface area (Å²) >= 11 is 0. The first-order chi connectivity index (χ1) is 11.7. The molecular weight excluding hydrogens is 306 g/mol. The smallest absolute Gasteiger partial charge is 0.274 e. The molecule has 3 aromatic heterocycles. The van der Waals surface area contributed by atoms with E-state index in [4.69, 9.17) is 4.42 Å². The van der Waals surface area contributed by atoms with Gasteiger partial charge in [0.1, 0.15) is 11.5 Å². The molecule has 7 heteroatoms. The molecule has 0 saturated carbocycles. The number of aromatic amines is 1. The van der Waals surface area contributed by atoms with Crippen molar-refractivity contribution in [2.45, 2.75) is 32.4 Å². The summed E-state index contributed by atoms with van der Waals surface area (Å²) < 4.78 is 7.44. The Kier molecular flexibility index (Phi) is 3.68. The van der Waals surface area contributed by atoms with Crippen molar-refractivity contribution < 1.29 is 9.21 Å². The van der Waals surface area contributed by atoms with Crippen molar-refractivity contribution in [3.8, 4) is 11.5 Å². The van der Waals surface area contributed by atoms with Crippen molar-refractivity contribution in [3.05, 3.63) is 48.1 Å². The maximum absolute atomic E-state index is 12.8. The summed E-state index contributed by atoms with van der Waals surface area (Å²) in [5, 5.41) is 11.3. The monoisotopic (exact) mass is 325 g/mol. The lowest BCUT2D eigenvalue weighted by atomic mass is 10.2. The van der Waals surface area contributed by atoms with Crippen LogP contribution in [0.15, 0.2) is 41.1 Å². The molecule has 0 aliphatic carbocycles. The molecule has 1 N–H and O–H groups in total. The first-order valence-corrected chi connectivity index (χ1v) is 8.11. The van der Waals surface area contributed by atoms with E-state index in [9.17, 15) is 4.79 Å². The van der Waals surface area contributed by atoms with Gasteiger partial charge in [0.2, 0.25) is 0 Å². The lowest BCUT2D eigenvalue weighted by Gasteiger charge is -2.23. The average Bonchev–Trinajstić information content (AvgIpc) is 3.35. The molecule has 0 radical (unpaired) electrons. The fraction of sp³-hybridized carbons (Fsp3) is 0.353. The van der Waals surface area contributed by atoms with E-state index in [0.717, 1.165) is 25.1 Å². The van der Waals surface area contributed by atoms with Crippen LogP contribution in [0.4, 0.5) is 0 Å². The third kappa shape index (κ3) is 2.73. The Hall–Kier alpha value is -2.83. The van der Waals surface area contributed by atoms with E-state index in [0.29, 0.717) is 23.7 Å². The molecule has 1 saturated heterocycles. The van der Waals surface area contributed by atoms with Gasteiger partial charge < -0.3 is 9.32 Å². The number of carbonyl (C=O) groups excluding carboxylic acids is 1. The zero-order valence-electron chi connectivity index (χ0n) is 13.5. The molecule has 1 aliphatic heterocycles. The summed E-state index contributed by atoms with van der Waals surface area (Å²) in [6, 6.07) is 7.56. The van der Waals surface area contributed by atoms with Gasteiger partial charge in [0.15, 0.2) is 11.5 Å². The highest BCUT2D eigenvalue weighted by atomic mass is 16.3. The third-order valence-corrected chi connectivity index (χ3v) is 4.40. The van der Waals surface area contributed by atoms with Gasteiger partial charge in [0.05, 0.1) is 12.6 Å². The molecule has 124 valence electrons. The number of amides is 1. The normalized spacial score (nSPS) is 17.5. The summed E-state index contributed by atoms with van der Waals surface area (Å²) in [5.74, 6) is 1.47. The summed E-state index contributed by atoms with van der Waals surface area (Å²) in [7, 11) is 0. The number of rotatable bonds is 4. The highest BCUT2D eigenvalue weighted by Gasteiger charge is 2.31. The van der Waals surface area contributed by atoms with Crippen LogP contribution in [0.3, 0.4) is 0 Å². The second-order valence-corrected chi connectivity index (χ2v) is 6.10. The number of likely N-dealkylation sites (tertiary alicyclic amines) is 1. The first-order valence-electron chi connectivity index (χ1n) is 8.11. The number of H-pyrrole nitrogens is 1. The minimum absolute atomic E-state index is 0.0459. The van der Waals surface area contributed by atoms with Crippen molar-refractivity contribution in [2.24, 2.45) is 0 Å². The number of hydrogen-bond acceptors (Lipinski definition) is 4. The molecule has 1 atom stereocenters. The van der Waals surface area contributed by atoms with Crippen LogP contribution in [0.5, 0.6) is 0 Å². The lowest BCUT2D eigenvalue weighted by molar-refractivity contribution is 0.0715. The minimum atomic E-state index is -0.0459. The number of aromatic nitrogens is 4. The van der Waals surface area contributed by atoms with Crippen LogP contribution in [-0.2, 0) is 6.54 Å². The van der Waals surface area contributed by atoms with E-state index in [2.05, 4.69) is 15.3 Å². The van der Waals surface area contributed by atoms with Crippen LogP contribution >= 0.6 is 0 Å². The number of aryl methyl sites for hydroxylation is 1. The van der Waals surface area contributed by atoms with Crippen LogP contribution in [0.25, 0.3) is 11.5 Å². The van der Waals surface area contributed by atoms with Crippen LogP contribution < -0.4 is 0 Å². The lowest BCUT2D eigenvalue weighted by Crippen LogP contribution is -2.38. The molecule has 4 heterocycles. The molecule has 4 rings (SSSR count). The van der Waals surface area contributed by atoms with Crippen molar-refractivity contribution in [2.75, 3.05) is 6.54 Å².